The van der Waals surface area contributed by atoms with Crippen molar-refractivity contribution in [2.24, 2.45) is 17.2 Å². The van der Waals surface area contributed by atoms with E-state index in [1.54, 1.807) is 0 Å². The predicted molar refractivity (Wildman–Crippen MR) is 131 cm³/mol. The Hall–Kier alpha value is -1.96. The Morgan fingerprint density at radius 2 is 1.40 bits per heavy atom. The van der Waals surface area contributed by atoms with Crippen LogP contribution in [0.1, 0.15) is 6.92 Å². The first-order chi connectivity index (χ1) is 20.1. The highest BCUT2D eigenvalue weighted by atomic mass is 16.8. The van der Waals surface area contributed by atoms with E-state index in [0.29, 0.717) is 6.08 Å². The van der Waals surface area contributed by atoms with Crippen LogP contribution in [0.4, 0.5) is 0 Å². The van der Waals surface area contributed by atoms with Crippen molar-refractivity contribution in [1.82, 2.24) is 0 Å². The first kappa shape index (κ1) is 33.9. The zero-order valence-corrected chi connectivity index (χ0v) is 22.7. The van der Waals surface area contributed by atoms with Crippen molar-refractivity contribution >= 4 is 11.9 Å². The average molecular weight is 628 g/mol. The molecule has 0 radical (unpaired) electrons. The molecule has 20 nitrogen and oxygen atoms in total. The van der Waals surface area contributed by atoms with Crippen LogP contribution in [0.15, 0.2) is 11.6 Å². The molecule has 14 N–H and O–H groups in total. The predicted octanol–water partition coefficient (Wildman–Crippen LogP) is -7.97. The molecule has 246 valence electrons. The van der Waals surface area contributed by atoms with Gasteiger partial charge in [0.2, 0.25) is 0 Å². The summed E-state index contributed by atoms with van der Waals surface area (Å²) in [4.78, 5) is 24.8. The van der Waals surface area contributed by atoms with Gasteiger partial charge in [-0.05, 0) is 6.92 Å². The Balaban J connectivity index is 1.56. The third-order valence-corrected chi connectivity index (χ3v) is 7.71. The molecular formula is C23H37N3O17. The van der Waals surface area contributed by atoms with Crippen LogP contribution in [0.25, 0.3) is 0 Å². The van der Waals surface area contributed by atoms with Crippen LogP contribution in [0.5, 0.6) is 0 Å². The molecule has 0 amide bonds. The molecular weight excluding hydrogens is 590 g/mol. The Kier molecular flexibility index (Phi) is 10.1. The van der Waals surface area contributed by atoms with E-state index in [0.717, 1.165) is 6.92 Å². The maximum absolute atomic E-state index is 12.5. The molecule has 0 aromatic carbocycles. The van der Waals surface area contributed by atoms with Crippen LogP contribution in [0.3, 0.4) is 0 Å². The van der Waals surface area contributed by atoms with E-state index in [4.69, 9.17) is 50.4 Å². The van der Waals surface area contributed by atoms with Crippen molar-refractivity contribution in [2.45, 2.75) is 98.2 Å². The molecule has 0 aromatic rings. The van der Waals surface area contributed by atoms with E-state index in [9.17, 15) is 50.4 Å². The first-order valence-corrected chi connectivity index (χ1v) is 13.1. The minimum atomic E-state index is -3.24. The van der Waals surface area contributed by atoms with Gasteiger partial charge in [-0.25, -0.2) is 9.59 Å². The zero-order chi connectivity index (χ0) is 32.0. The topological polar surface area (TPSA) is 339 Å². The van der Waals surface area contributed by atoms with Crippen molar-refractivity contribution in [1.29, 1.82) is 0 Å². The molecule has 3 saturated heterocycles. The summed E-state index contributed by atoms with van der Waals surface area (Å²) in [6, 6.07) is -4.67. The third-order valence-electron chi connectivity index (χ3n) is 7.71. The standard InChI is InChI=1S/C23H37N3O17/c1-6-2-9(30)41-23(36)17(33)12(26)21(43-22(23,5-29)42-18(6)34)40-16-8(4-28)38-20(11(25)14(16)32)39-15-7(3-27)37-19(35)10(24)13(15)31/h2,7-8,10-17,19-21,27-29,31-33,35-36H,3-5,24-26H2,1H3/b6-2-/t7-,8-,10-,11-,12-,13-,14-,15?,16?,17-,19-,20+,21+,22+,23+/m1/s1. The van der Waals surface area contributed by atoms with Gasteiger partial charge in [0.25, 0.3) is 0 Å². The second kappa shape index (κ2) is 12.8. The molecule has 3 fully saturated rings. The summed E-state index contributed by atoms with van der Waals surface area (Å²) in [6.07, 6.45) is -16.0. The monoisotopic (exact) mass is 627 g/mol. The van der Waals surface area contributed by atoms with E-state index in [-0.39, 0.29) is 5.57 Å². The molecule has 0 bridgehead atoms. The van der Waals surface area contributed by atoms with Crippen LogP contribution < -0.4 is 17.2 Å². The van der Waals surface area contributed by atoms with Gasteiger partial charge < -0.3 is 91.2 Å². The lowest BCUT2D eigenvalue weighted by atomic mass is 9.89. The lowest BCUT2D eigenvalue weighted by Gasteiger charge is -2.54. The van der Waals surface area contributed by atoms with Gasteiger partial charge in [0.15, 0.2) is 18.9 Å². The van der Waals surface area contributed by atoms with Gasteiger partial charge in [0, 0.05) is 11.6 Å². The number of ether oxygens (including phenoxy) is 7. The molecule has 4 rings (SSSR count). The second-order valence-corrected chi connectivity index (χ2v) is 10.6. The van der Waals surface area contributed by atoms with Crippen LogP contribution in [-0.4, -0.2) is 164 Å². The maximum atomic E-state index is 12.5. The van der Waals surface area contributed by atoms with Crippen LogP contribution in [-0.2, 0) is 42.7 Å². The quantitative estimate of drug-likeness (QED) is 0.117. The van der Waals surface area contributed by atoms with Gasteiger partial charge >= 0.3 is 23.5 Å². The van der Waals surface area contributed by atoms with Gasteiger partial charge in [0.05, 0.1) is 31.3 Å². The number of nitrogens with two attached hydrogens (primary N) is 3. The Labute approximate surface area is 243 Å². The smallest absolute Gasteiger partial charge is 0.336 e. The number of carbonyl (C=O) groups excluding carboxylic acids is 2. The van der Waals surface area contributed by atoms with Crippen molar-refractivity contribution in [3.8, 4) is 0 Å². The van der Waals surface area contributed by atoms with Crippen LogP contribution >= 0.6 is 0 Å². The van der Waals surface area contributed by atoms with Crippen LogP contribution in [0, 0.1) is 0 Å². The molecule has 0 aliphatic carbocycles. The van der Waals surface area contributed by atoms with Crippen molar-refractivity contribution in [3.63, 3.8) is 0 Å². The normalized spacial score (nSPS) is 50.4. The fourth-order valence-electron chi connectivity index (χ4n) is 5.13. The summed E-state index contributed by atoms with van der Waals surface area (Å²) in [5.41, 5.74) is 17.5. The van der Waals surface area contributed by atoms with E-state index in [2.05, 4.69) is 0 Å². The maximum Gasteiger partial charge on any atom is 0.336 e. The number of rotatable bonds is 7. The summed E-state index contributed by atoms with van der Waals surface area (Å²) < 4.78 is 37.7. The second-order valence-electron chi connectivity index (χ2n) is 10.6. The largest absolute Gasteiger partial charge is 0.420 e. The van der Waals surface area contributed by atoms with E-state index in [1.165, 1.54) is 0 Å². The minimum absolute atomic E-state index is 0.314. The molecule has 43 heavy (non-hydrogen) atoms. The van der Waals surface area contributed by atoms with Crippen molar-refractivity contribution in [3.05, 3.63) is 11.6 Å². The lowest BCUT2D eigenvalue weighted by molar-refractivity contribution is -0.466. The SMILES string of the molecule is C/C1=C/C(=O)O[C@@]2(O)[C@H](O)[C@@H](N)[C@@H](OC3[C@@H](CO)O[C@@H](OC4[C@@H](CO)O[C@@H](O)[C@H](N)[C@H]4O)[C@H](N)[C@H]3O)O[C@]2(CO)OC1=O. The Bertz CT molecular complexity index is 1060. The highest BCUT2D eigenvalue weighted by molar-refractivity contribution is 5.96. The highest BCUT2D eigenvalue weighted by Gasteiger charge is 2.70. The van der Waals surface area contributed by atoms with E-state index >= 15 is 0 Å². The number of hydrogen-bond donors (Lipinski definition) is 11. The number of carbonyl (C=O) groups is 2. The molecule has 0 saturated carbocycles. The molecule has 15 atom stereocenters. The number of aliphatic hydroxyl groups excluding tert-OH is 7. The molecule has 20 heteroatoms. The van der Waals surface area contributed by atoms with Gasteiger partial charge in [-0.3, -0.25) is 0 Å². The molecule has 0 aromatic heterocycles. The summed E-state index contributed by atoms with van der Waals surface area (Å²) in [5, 5.41) is 83.2. The minimum Gasteiger partial charge on any atom is -0.420 e. The highest BCUT2D eigenvalue weighted by Crippen LogP contribution is 2.42. The van der Waals surface area contributed by atoms with E-state index < -0.39 is 123 Å². The summed E-state index contributed by atoms with van der Waals surface area (Å²) in [6.45, 7) is -1.82. The van der Waals surface area contributed by atoms with Gasteiger partial charge in [0.1, 0.15) is 49.3 Å². The van der Waals surface area contributed by atoms with Gasteiger partial charge in [-0.1, -0.05) is 0 Å². The number of esters is 2. The molecule has 4 aliphatic heterocycles. The molecule has 0 spiro atoms. The average Bonchev–Trinajstić information content (AvgIpc) is 2.97. The molecule has 2 unspecified atom stereocenters. The lowest BCUT2D eigenvalue weighted by Crippen LogP contribution is -2.79. The fourth-order valence-corrected chi connectivity index (χ4v) is 5.13. The summed E-state index contributed by atoms with van der Waals surface area (Å²) in [5.74, 6) is -8.77. The fraction of sp³-hybridized carbons (Fsp3) is 0.826. The van der Waals surface area contributed by atoms with Crippen molar-refractivity contribution < 1.29 is 83.6 Å². The Morgan fingerprint density at radius 1 is 0.837 bits per heavy atom. The Morgan fingerprint density at radius 3 is 1.98 bits per heavy atom. The number of aliphatic hydroxyl groups is 8. The molecule has 4 heterocycles. The zero-order valence-electron chi connectivity index (χ0n) is 22.7. The number of fused-ring (bicyclic) bond motifs is 1. The van der Waals surface area contributed by atoms with Gasteiger partial charge in [-0.2, -0.15) is 0 Å². The van der Waals surface area contributed by atoms with Crippen molar-refractivity contribution in [2.75, 3.05) is 19.8 Å². The van der Waals surface area contributed by atoms with Gasteiger partial charge in [-0.15, -0.1) is 0 Å². The number of hydrogen-bond acceptors (Lipinski definition) is 20. The van der Waals surface area contributed by atoms with Crippen LogP contribution in [0.2, 0.25) is 0 Å². The third kappa shape index (κ3) is 5.91. The summed E-state index contributed by atoms with van der Waals surface area (Å²) >= 11 is 0. The summed E-state index contributed by atoms with van der Waals surface area (Å²) in [7, 11) is 0. The first-order valence-electron chi connectivity index (χ1n) is 13.1. The molecule has 4 aliphatic rings. The van der Waals surface area contributed by atoms with E-state index in [1.807, 2.05) is 0 Å².